The maximum atomic E-state index is 13.4. The van der Waals surface area contributed by atoms with Crippen molar-refractivity contribution in [1.29, 1.82) is 0 Å². The lowest BCUT2D eigenvalue weighted by molar-refractivity contribution is -0.140. The molecular formula is C20H33Cl2N3O3S. The number of halogens is 2. The summed E-state index contributed by atoms with van der Waals surface area (Å²) in [5.74, 6) is -0.209. The summed E-state index contributed by atoms with van der Waals surface area (Å²) in [5, 5.41) is 3.18. The van der Waals surface area contributed by atoms with Gasteiger partial charge in [0.15, 0.2) is 14.6 Å². The Morgan fingerprint density at radius 1 is 1.07 bits per heavy atom. The van der Waals surface area contributed by atoms with Crippen LogP contribution in [0.3, 0.4) is 0 Å². The molecule has 2 aliphatic rings. The molecule has 2 fully saturated rings. The van der Waals surface area contributed by atoms with Crippen LogP contribution < -0.4 is 5.32 Å². The second kappa shape index (κ2) is 9.96. The van der Waals surface area contributed by atoms with E-state index in [9.17, 15) is 13.2 Å². The van der Waals surface area contributed by atoms with Crippen LogP contribution in [0.4, 0.5) is 0 Å². The first-order valence-electron chi connectivity index (χ1n) is 9.64. The molecule has 2 heterocycles. The summed E-state index contributed by atoms with van der Waals surface area (Å²) in [6, 6.07) is 10.3. The summed E-state index contributed by atoms with van der Waals surface area (Å²) in [6.07, 6.45) is 1.93. The second-order valence-electron chi connectivity index (χ2n) is 8.46. The van der Waals surface area contributed by atoms with Gasteiger partial charge in [-0.1, -0.05) is 30.3 Å². The average Bonchev–Trinajstić information content (AvgIpc) is 2.63. The van der Waals surface area contributed by atoms with Crippen molar-refractivity contribution >= 4 is 40.6 Å². The summed E-state index contributed by atoms with van der Waals surface area (Å²) < 4.78 is 23.9. The van der Waals surface area contributed by atoms with Gasteiger partial charge in [0.1, 0.15) is 0 Å². The Hall–Kier alpha value is -0.860. The van der Waals surface area contributed by atoms with Gasteiger partial charge in [0.05, 0.1) is 0 Å². The molecule has 0 bridgehead atoms. The van der Waals surface area contributed by atoms with Crippen LogP contribution in [0, 0.1) is 0 Å². The molecule has 0 unspecified atom stereocenters. The molecule has 2 saturated heterocycles. The summed E-state index contributed by atoms with van der Waals surface area (Å²) >= 11 is 0. The molecule has 0 aromatic heterocycles. The van der Waals surface area contributed by atoms with Crippen molar-refractivity contribution in [2.45, 2.75) is 43.5 Å². The van der Waals surface area contributed by atoms with Gasteiger partial charge >= 0.3 is 0 Å². The third kappa shape index (κ3) is 5.44. The molecule has 0 atom stereocenters. The van der Waals surface area contributed by atoms with E-state index >= 15 is 0 Å². The first-order chi connectivity index (χ1) is 12.7. The number of carbonyl (C=O) groups is 1. The van der Waals surface area contributed by atoms with Crippen LogP contribution in [0.5, 0.6) is 0 Å². The van der Waals surface area contributed by atoms with Gasteiger partial charge < -0.3 is 10.2 Å². The fourth-order valence-corrected chi connectivity index (χ4v) is 5.71. The number of nitrogens with zero attached hydrogens (tertiary/aromatic N) is 2. The molecule has 166 valence electrons. The molecule has 3 rings (SSSR count). The third-order valence-corrected chi connectivity index (χ3v) is 8.09. The van der Waals surface area contributed by atoms with Crippen LogP contribution in [0.2, 0.25) is 0 Å². The molecule has 9 heteroatoms. The zero-order valence-corrected chi connectivity index (χ0v) is 19.8. The van der Waals surface area contributed by atoms with Crippen molar-refractivity contribution in [2.24, 2.45) is 0 Å². The number of hydrogen-bond acceptors (Lipinski definition) is 5. The van der Waals surface area contributed by atoms with E-state index in [4.69, 9.17) is 0 Å². The van der Waals surface area contributed by atoms with Crippen LogP contribution in [0.25, 0.3) is 0 Å². The van der Waals surface area contributed by atoms with Gasteiger partial charge in [-0.3, -0.25) is 9.69 Å². The number of hydrogen-bond donors (Lipinski definition) is 1. The number of amides is 1. The minimum atomic E-state index is -3.48. The van der Waals surface area contributed by atoms with Crippen LogP contribution in [-0.4, -0.2) is 73.4 Å². The Bertz CT molecular complexity index is 781. The maximum Gasteiger partial charge on any atom is 0.244 e. The molecule has 1 amide bonds. The summed E-state index contributed by atoms with van der Waals surface area (Å²) in [5.41, 5.74) is 1.03. The van der Waals surface area contributed by atoms with Gasteiger partial charge in [-0.2, -0.15) is 0 Å². The van der Waals surface area contributed by atoms with E-state index in [0.29, 0.717) is 39.0 Å². The lowest BCUT2D eigenvalue weighted by Crippen LogP contribution is -2.65. The van der Waals surface area contributed by atoms with Crippen molar-refractivity contribution in [3.8, 4) is 0 Å². The van der Waals surface area contributed by atoms with E-state index in [0.717, 1.165) is 13.1 Å². The first-order valence-corrected chi connectivity index (χ1v) is 11.5. The van der Waals surface area contributed by atoms with Gasteiger partial charge in [-0.05, 0) is 45.3 Å². The largest absolute Gasteiger partial charge is 0.338 e. The standard InChI is InChI=1S/C20H31N3O3S.2ClH/c1-19(2)16-22(13-14-23(19)15-17-7-5-4-6-8-17)18(24)20(27(3,25)26)9-11-21-12-10-20;;/h4-8,21H,9-16H2,1-3H3;2*1H. The second-order valence-corrected chi connectivity index (χ2v) is 10.8. The summed E-state index contributed by atoms with van der Waals surface area (Å²) in [6.45, 7) is 8.08. The smallest absolute Gasteiger partial charge is 0.244 e. The number of rotatable bonds is 4. The van der Waals surface area contributed by atoms with Crippen molar-refractivity contribution < 1.29 is 13.2 Å². The molecule has 1 aromatic rings. The van der Waals surface area contributed by atoms with Crippen molar-refractivity contribution in [2.75, 3.05) is 39.0 Å². The molecule has 6 nitrogen and oxygen atoms in total. The van der Waals surface area contributed by atoms with E-state index in [1.54, 1.807) is 4.90 Å². The fraction of sp³-hybridized carbons (Fsp3) is 0.650. The van der Waals surface area contributed by atoms with E-state index in [1.165, 1.54) is 11.8 Å². The van der Waals surface area contributed by atoms with Crippen LogP contribution in [0.1, 0.15) is 32.3 Å². The van der Waals surface area contributed by atoms with Gasteiger partial charge in [0.25, 0.3) is 0 Å². The molecule has 2 aliphatic heterocycles. The summed E-state index contributed by atoms with van der Waals surface area (Å²) in [7, 11) is -3.48. The van der Waals surface area contributed by atoms with Gasteiger partial charge in [0.2, 0.25) is 5.91 Å². The monoisotopic (exact) mass is 465 g/mol. The Balaban J connectivity index is 0.00000210. The zero-order chi connectivity index (χ0) is 19.7. The molecule has 0 spiro atoms. The predicted octanol–water partition coefficient (Wildman–Crippen LogP) is 2.12. The maximum absolute atomic E-state index is 13.4. The SMILES string of the molecule is CC1(C)CN(C(=O)C2(S(C)(=O)=O)CCNCC2)CCN1Cc1ccccc1.Cl.Cl. The van der Waals surface area contributed by atoms with Crippen LogP contribution in [-0.2, 0) is 21.2 Å². The number of piperazine rings is 1. The van der Waals surface area contributed by atoms with Gasteiger partial charge in [-0.25, -0.2) is 8.42 Å². The van der Waals surface area contributed by atoms with Crippen LogP contribution >= 0.6 is 24.8 Å². The third-order valence-electron chi connectivity index (χ3n) is 6.09. The predicted molar refractivity (Wildman–Crippen MR) is 122 cm³/mol. The lowest BCUT2D eigenvalue weighted by atomic mass is 9.92. The topological polar surface area (TPSA) is 69.7 Å². The molecular weight excluding hydrogens is 433 g/mol. The highest BCUT2D eigenvalue weighted by Gasteiger charge is 2.52. The summed E-state index contributed by atoms with van der Waals surface area (Å²) in [4.78, 5) is 17.5. The molecule has 0 aliphatic carbocycles. The normalized spacial score (nSPS) is 21.6. The number of benzene rings is 1. The molecule has 1 N–H and O–H groups in total. The molecule has 0 radical (unpaired) electrons. The minimum Gasteiger partial charge on any atom is -0.338 e. The van der Waals surface area contributed by atoms with E-state index in [1.807, 2.05) is 18.2 Å². The molecule has 29 heavy (non-hydrogen) atoms. The Kier molecular flexibility index (Phi) is 8.99. The molecule has 0 saturated carbocycles. The van der Waals surface area contributed by atoms with Crippen molar-refractivity contribution in [3.05, 3.63) is 35.9 Å². The van der Waals surface area contributed by atoms with Crippen molar-refractivity contribution in [3.63, 3.8) is 0 Å². The number of nitrogens with one attached hydrogen (secondary N) is 1. The van der Waals surface area contributed by atoms with E-state index < -0.39 is 14.6 Å². The number of sulfone groups is 1. The average molecular weight is 466 g/mol. The highest BCUT2D eigenvalue weighted by molar-refractivity contribution is 7.92. The Labute approximate surface area is 187 Å². The van der Waals surface area contributed by atoms with E-state index in [2.05, 4.69) is 36.2 Å². The zero-order valence-electron chi connectivity index (χ0n) is 17.4. The lowest BCUT2D eigenvalue weighted by Gasteiger charge is -2.49. The number of carbonyl (C=O) groups excluding carboxylic acids is 1. The number of piperidine rings is 1. The quantitative estimate of drug-likeness (QED) is 0.737. The first kappa shape index (κ1) is 26.2. The molecule has 1 aromatic carbocycles. The Morgan fingerprint density at radius 2 is 1.66 bits per heavy atom. The van der Waals surface area contributed by atoms with Crippen molar-refractivity contribution in [1.82, 2.24) is 15.1 Å². The highest BCUT2D eigenvalue weighted by Crippen LogP contribution is 2.32. The highest BCUT2D eigenvalue weighted by atomic mass is 35.5. The van der Waals surface area contributed by atoms with Crippen LogP contribution in [0.15, 0.2) is 30.3 Å². The van der Waals surface area contributed by atoms with E-state index in [-0.39, 0.29) is 36.3 Å². The van der Waals surface area contributed by atoms with Gasteiger partial charge in [0, 0.05) is 38.0 Å². The minimum absolute atomic E-state index is 0. The fourth-order valence-electron chi connectivity index (χ4n) is 4.32. The van der Waals surface area contributed by atoms with Gasteiger partial charge in [-0.15, -0.1) is 24.8 Å². The Morgan fingerprint density at radius 3 is 2.17 bits per heavy atom.